The molecule has 0 amide bonds. The molecule has 3 aromatic rings. The van der Waals surface area contributed by atoms with E-state index in [-0.39, 0.29) is 5.75 Å². The third-order valence-corrected chi connectivity index (χ3v) is 5.92. The van der Waals surface area contributed by atoms with Gasteiger partial charge in [0.1, 0.15) is 10.8 Å². The molecule has 0 aliphatic rings. The van der Waals surface area contributed by atoms with Crippen molar-refractivity contribution in [3.8, 4) is 27.6 Å². The Hall–Kier alpha value is -2.38. The molecule has 0 radical (unpaired) electrons. The van der Waals surface area contributed by atoms with Crippen molar-refractivity contribution in [2.24, 2.45) is 0 Å². The minimum atomic E-state index is -3.28. The van der Waals surface area contributed by atoms with Gasteiger partial charge in [-0.05, 0) is 43.3 Å². The first kappa shape index (κ1) is 17.4. The number of hydrogen-bond donors (Lipinski definition) is 1. The molecule has 25 heavy (non-hydrogen) atoms. The summed E-state index contributed by atoms with van der Waals surface area (Å²) in [6.45, 7) is 2.19. The van der Waals surface area contributed by atoms with Crippen LogP contribution in [0.2, 0.25) is 0 Å². The monoisotopic (exact) mass is 374 g/mol. The Bertz CT molecular complexity index is 962. The molecule has 1 N–H and O–H groups in total. The molecule has 3 rings (SSSR count). The van der Waals surface area contributed by atoms with Gasteiger partial charge in [0, 0.05) is 23.1 Å². The number of rotatable bonds is 5. The van der Waals surface area contributed by atoms with Crippen LogP contribution in [-0.4, -0.2) is 31.3 Å². The number of sulfonamides is 1. The first-order chi connectivity index (χ1) is 11.9. The molecule has 0 saturated carbocycles. The SMILES string of the molecule is CCN(c1ccc(-c2csc(-c3ccc(O)cc3)n2)cc1)S(C)(=O)=O. The Balaban J connectivity index is 1.87. The molecule has 0 atom stereocenters. The van der Waals surface area contributed by atoms with E-state index in [1.165, 1.54) is 21.9 Å². The lowest BCUT2D eigenvalue weighted by atomic mass is 10.1. The lowest BCUT2D eigenvalue weighted by molar-refractivity contribution is 0.475. The van der Waals surface area contributed by atoms with Crippen LogP contribution in [0, 0.1) is 0 Å². The molecule has 5 nitrogen and oxygen atoms in total. The van der Waals surface area contributed by atoms with Gasteiger partial charge in [0.25, 0.3) is 0 Å². The van der Waals surface area contributed by atoms with E-state index >= 15 is 0 Å². The molecule has 0 saturated heterocycles. The summed E-state index contributed by atoms with van der Waals surface area (Å²) in [7, 11) is -3.28. The molecule has 130 valence electrons. The van der Waals surface area contributed by atoms with E-state index < -0.39 is 10.0 Å². The third kappa shape index (κ3) is 3.83. The summed E-state index contributed by atoms with van der Waals surface area (Å²) in [4.78, 5) is 4.63. The summed E-state index contributed by atoms with van der Waals surface area (Å²) in [5, 5.41) is 12.2. The van der Waals surface area contributed by atoms with Crippen molar-refractivity contribution in [1.82, 2.24) is 4.98 Å². The highest BCUT2D eigenvalue weighted by Gasteiger charge is 2.15. The van der Waals surface area contributed by atoms with E-state index in [1.54, 1.807) is 31.2 Å². The lowest BCUT2D eigenvalue weighted by Crippen LogP contribution is -2.29. The minimum Gasteiger partial charge on any atom is -0.508 e. The predicted octanol–water partition coefficient (Wildman–Crippen LogP) is 3.97. The van der Waals surface area contributed by atoms with Crippen LogP contribution >= 0.6 is 11.3 Å². The van der Waals surface area contributed by atoms with Crippen LogP contribution in [-0.2, 0) is 10.0 Å². The average Bonchev–Trinajstić information content (AvgIpc) is 3.05. The van der Waals surface area contributed by atoms with Crippen LogP contribution in [0.5, 0.6) is 5.75 Å². The number of benzene rings is 2. The van der Waals surface area contributed by atoms with Crippen LogP contribution in [0.15, 0.2) is 53.9 Å². The normalized spacial score (nSPS) is 11.4. The number of aromatic nitrogens is 1. The smallest absolute Gasteiger partial charge is 0.232 e. The largest absolute Gasteiger partial charge is 0.508 e. The molecule has 2 aromatic carbocycles. The second-order valence-electron chi connectivity index (χ2n) is 5.56. The number of hydrogen-bond acceptors (Lipinski definition) is 5. The Labute approximate surface area is 151 Å². The Morgan fingerprint density at radius 2 is 1.64 bits per heavy atom. The molecule has 7 heteroatoms. The molecule has 1 heterocycles. The zero-order valence-corrected chi connectivity index (χ0v) is 15.5. The first-order valence-corrected chi connectivity index (χ1v) is 10.4. The Morgan fingerprint density at radius 3 is 2.20 bits per heavy atom. The third-order valence-electron chi connectivity index (χ3n) is 3.76. The predicted molar refractivity (Wildman–Crippen MR) is 103 cm³/mol. The summed E-state index contributed by atoms with van der Waals surface area (Å²) < 4.78 is 25.0. The van der Waals surface area contributed by atoms with Crippen LogP contribution in [0.3, 0.4) is 0 Å². The summed E-state index contributed by atoms with van der Waals surface area (Å²) in [5.41, 5.74) is 3.35. The van der Waals surface area contributed by atoms with Crippen LogP contribution < -0.4 is 4.31 Å². The molecule has 0 bridgehead atoms. The zero-order valence-electron chi connectivity index (χ0n) is 13.9. The fourth-order valence-electron chi connectivity index (χ4n) is 2.55. The number of anilines is 1. The molecule has 0 aliphatic heterocycles. The molecule has 0 spiro atoms. The van der Waals surface area contributed by atoms with Gasteiger partial charge in [0.2, 0.25) is 10.0 Å². The van der Waals surface area contributed by atoms with Crippen molar-refractivity contribution in [3.63, 3.8) is 0 Å². The van der Waals surface area contributed by atoms with Gasteiger partial charge < -0.3 is 5.11 Å². The van der Waals surface area contributed by atoms with Crippen molar-refractivity contribution >= 4 is 27.0 Å². The summed E-state index contributed by atoms with van der Waals surface area (Å²) in [6.07, 6.45) is 1.20. The van der Waals surface area contributed by atoms with E-state index in [4.69, 9.17) is 0 Å². The van der Waals surface area contributed by atoms with Gasteiger partial charge in [-0.3, -0.25) is 4.31 Å². The maximum atomic E-state index is 11.8. The number of aromatic hydroxyl groups is 1. The molecule has 0 fully saturated rings. The number of phenolic OH excluding ortho intramolecular Hbond substituents is 1. The van der Waals surface area contributed by atoms with Gasteiger partial charge in [-0.15, -0.1) is 11.3 Å². The van der Waals surface area contributed by atoms with Gasteiger partial charge in [-0.25, -0.2) is 13.4 Å². The topological polar surface area (TPSA) is 70.5 Å². The summed E-state index contributed by atoms with van der Waals surface area (Å²) in [6, 6.07) is 14.3. The van der Waals surface area contributed by atoms with E-state index in [0.717, 1.165) is 21.8 Å². The first-order valence-electron chi connectivity index (χ1n) is 7.71. The standard InChI is InChI=1S/C18H18N2O3S2/c1-3-20(25(2,22)23)15-8-4-13(5-9-15)17-12-24-18(19-17)14-6-10-16(21)11-7-14/h4-12,21H,3H2,1-2H3. The second-order valence-corrected chi connectivity index (χ2v) is 8.32. The summed E-state index contributed by atoms with van der Waals surface area (Å²) >= 11 is 1.52. The van der Waals surface area contributed by atoms with E-state index in [0.29, 0.717) is 12.2 Å². The van der Waals surface area contributed by atoms with Crippen LogP contribution in [0.25, 0.3) is 21.8 Å². The van der Waals surface area contributed by atoms with E-state index in [1.807, 2.05) is 29.6 Å². The highest BCUT2D eigenvalue weighted by Crippen LogP contribution is 2.30. The Morgan fingerprint density at radius 1 is 1.04 bits per heavy atom. The number of nitrogens with zero attached hydrogens (tertiary/aromatic N) is 2. The molecule has 1 aromatic heterocycles. The van der Waals surface area contributed by atoms with Crippen LogP contribution in [0.1, 0.15) is 6.92 Å². The highest BCUT2D eigenvalue weighted by molar-refractivity contribution is 7.92. The molecule has 0 unspecified atom stereocenters. The van der Waals surface area contributed by atoms with Gasteiger partial charge >= 0.3 is 0 Å². The lowest BCUT2D eigenvalue weighted by Gasteiger charge is -2.20. The number of phenols is 1. The van der Waals surface area contributed by atoms with Crippen molar-refractivity contribution in [2.75, 3.05) is 17.1 Å². The van der Waals surface area contributed by atoms with E-state index in [2.05, 4.69) is 4.98 Å². The minimum absolute atomic E-state index is 0.225. The Kier molecular flexibility index (Phi) is 4.78. The second kappa shape index (κ2) is 6.85. The van der Waals surface area contributed by atoms with Crippen molar-refractivity contribution < 1.29 is 13.5 Å². The molecular weight excluding hydrogens is 356 g/mol. The van der Waals surface area contributed by atoms with Gasteiger partial charge in [0.15, 0.2) is 0 Å². The fourth-order valence-corrected chi connectivity index (χ4v) is 4.36. The van der Waals surface area contributed by atoms with Crippen molar-refractivity contribution in [2.45, 2.75) is 6.92 Å². The maximum absolute atomic E-state index is 11.8. The van der Waals surface area contributed by atoms with Crippen molar-refractivity contribution in [3.05, 3.63) is 53.9 Å². The maximum Gasteiger partial charge on any atom is 0.232 e. The molecule has 0 aliphatic carbocycles. The zero-order chi connectivity index (χ0) is 18.0. The van der Waals surface area contributed by atoms with Gasteiger partial charge in [-0.1, -0.05) is 12.1 Å². The van der Waals surface area contributed by atoms with Crippen LogP contribution in [0.4, 0.5) is 5.69 Å². The summed E-state index contributed by atoms with van der Waals surface area (Å²) in [5.74, 6) is 0.225. The molecular formula is C18H18N2O3S2. The van der Waals surface area contributed by atoms with Gasteiger partial charge in [-0.2, -0.15) is 0 Å². The fraction of sp³-hybridized carbons (Fsp3) is 0.167. The quantitative estimate of drug-likeness (QED) is 0.734. The van der Waals surface area contributed by atoms with Crippen molar-refractivity contribution in [1.29, 1.82) is 0 Å². The van der Waals surface area contributed by atoms with E-state index in [9.17, 15) is 13.5 Å². The highest BCUT2D eigenvalue weighted by atomic mass is 32.2. The average molecular weight is 374 g/mol. The van der Waals surface area contributed by atoms with Gasteiger partial charge in [0.05, 0.1) is 17.6 Å². The number of thiazole rings is 1.